The molecule has 2 heterocycles. The Bertz CT molecular complexity index is 545. The Morgan fingerprint density at radius 3 is 2.95 bits per heavy atom. The maximum Gasteiger partial charge on any atom is 0.155 e. The zero-order valence-electron chi connectivity index (χ0n) is 11.0. The van der Waals surface area contributed by atoms with Crippen molar-refractivity contribution in [2.24, 2.45) is 5.92 Å². The third-order valence-corrected chi connectivity index (χ3v) is 4.36. The number of nitrogens with zero attached hydrogens (tertiary/aromatic N) is 3. The molecule has 1 aliphatic rings. The lowest BCUT2D eigenvalue weighted by molar-refractivity contribution is 0.476. The highest BCUT2D eigenvalue weighted by atomic mass is 79.9. The second-order valence-electron chi connectivity index (χ2n) is 5.30. The number of halogens is 1. The monoisotopic (exact) mass is 322 g/mol. The fourth-order valence-corrected chi connectivity index (χ4v) is 3.18. The number of hydrogen-bond acceptors (Lipinski definition) is 3. The van der Waals surface area contributed by atoms with E-state index in [0.29, 0.717) is 0 Å². The third-order valence-electron chi connectivity index (χ3n) is 3.95. The van der Waals surface area contributed by atoms with Crippen LogP contribution in [0, 0.1) is 5.92 Å². The highest BCUT2D eigenvalue weighted by Gasteiger charge is 2.14. The summed E-state index contributed by atoms with van der Waals surface area (Å²) in [4.78, 5) is 8.54. The lowest BCUT2D eigenvalue weighted by Crippen LogP contribution is -2.18. The molecular formula is C14H19BrN4. The molecule has 0 unspecified atom stereocenters. The molecule has 1 aliphatic carbocycles. The van der Waals surface area contributed by atoms with Crippen molar-refractivity contribution < 1.29 is 0 Å². The summed E-state index contributed by atoms with van der Waals surface area (Å²) in [6.07, 6.45) is 12.7. The van der Waals surface area contributed by atoms with Gasteiger partial charge in [-0.05, 0) is 34.8 Å². The van der Waals surface area contributed by atoms with Crippen molar-refractivity contribution in [3.63, 3.8) is 0 Å². The van der Waals surface area contributed by atoms with E-state index in [9.17, 15) is 0 Å². The first kappa shape index (κ1) is 13.1. The Morgan fingerprint density at radius 2 is 2.11 bits per heavy atom. The molecule has 3 rings (SSSR count). The molecule has 0 bridgehead atoms. The van der Waals surface area contributed by atoms with E-state index < -0.39 is 0 Å². The summed E-state index contributed by atoms with van der Waals surface area (Å²) >= 11 is 3.40. The minimum Gasteiger partial charge on any atom is -0.311 e. The number of rotatable bonds is 5. The first-order valence-corrected chi connectivity index (χ1v) is 7.80. The summed E-state index contributed by atoms with van der Waals surface area (Å²) in [5, 5.41) is 3.53. The van der Waals surface area contributed by atoms with Crippen LogP contribution in [0.4, 0.5) is 0 Å². The molecule has 2 aromatic rings. The second kappa shape index (κ2) is 6.01. The molecule has 5 heteroatoms. The molecule has 0 spiro atoms. The van der Waals surface area contributed by atoms with Gasteiger partial charge in [-0.1, -0.05) is 25.7 Å². The average Bonchev–Trinajstić information content (AvgIpc) is 3.04. The molecule has 0 aromatic carbocycles. The fraction of sp³-hybridized carbons (Fsp3) is 0.571. The highest BCUT2D eigenvalue weighted by Crippen LogP contribution is 2.26. The van der Waals surface area contributed by atoms with E-state index in [1.54, 1.807) is 6.20 Å². The van der Waals surface area contributed by atoms with E-state index >= 15 is 0 Å². The van der Waals surface area contributed by atoms with E-state index in [0.717, 1.165) is 29.3 Å². The lowest BCUT2D eigenvalue weighted by atomic mass is 10.0. The van der Waals surface area contributed by atoms with Gasteiger partial charge in [-0.15, -0.1) is 0 Å². The Labute approximate surface area is 121 Å². The van der Waals surface area contributed by atoms with Crippen LogP contribution in [-0.2, 0) is 6.54 Å². The van der Waals surface area contributed by atoms with Crippen LogP contribution in [0.25, 0.3) is 5.65 Å². The third kappa shape index (κ3) is 3.15. The summed E-state index contributed by atoms with van der Waals surface area (Å²) in [7, 11) is 0. The molecule has 1 N–H and O–H groups in total. The molecule has 2 aromatic heterocycles. The normalized spacial score (nSPS) is 16.5. The predicted octanol–water partition coefficient (Wildman–Crippen LogP) is 3.16. The Morgan fingerprint density at radius 1 is 1.26 bits per heavy atom. The number of imidazole rings is 1. The Hall–Kier alpha value is -0.940. The lowest BCUT2D eigenvalue weighted by Gasteiger charge is -2.09. The smallest absolute Gasteiger partial charge is 0.155 e. The number of nitrogens with one attached hydrogen (secondary N) is 1. The maximum atomic E-state index is 4.36. The minimum atomic E-state index is 0.838. The van der Waals surface area contributed by atoms with Gasteiger partial charge >= 0.3 is 0 Å². The zero-order chi connectivity index (χ0) is 13.1. The average molecular weight is 323 g/mol. The van der Waals surface area contributed by atoms with Crippen molar-refractivity contribution in [1.29, 1.82) is 0 Å². The molecule has 0 radical (unpaired) electrons. The molecular weight excluding hydrogens is 304 g/mol. The van der Waals surface area contributed by atoms with Crippen molar-refractivity contribution in [1.82, 2.24) is 19.7 Å². The van der Waals surface area contributed by atoms with Crippen molar-refractivity contribution in [3.8, 4) is 0 Å². The molecule has 0 saturated heterocycles. The van der Waals surface area contributed by atoms with Crippen LogP contribution in [0.3, 0.4) is 0 Å². The molecule has 4 nitrogen and oxygen atoms in total. The first-order chi connectivity index (χ1) is 9.33. The zero-order valence-corrected chi connectivity index (χ0v) is 12.6. The van der Waals surface area contributed by atoms with Gasteiger partial charge in [-0.3, -0.25) is 4.40 Å². The topological polar surface area (TPSA) is 42.2 Å². The largest absolute Gasteiger partial charge is 0.311 e. The molecule has 0 aliphatic heterocycles. The van der Waals surface area contributed by atoms with Gasteiger partial charge in [-0.2, -0.15) is 0 Å². The first-order valence-electron chi connectivity index (χ1n) is 7.01. The molecule has 102 valence electrons. The van der Waals surface area contributed by atoms with Crippen molar-refractivity contribution in [2.45, 2.75) is 38.6 Å². The van der Waals surface area contributed by atoms with E-state index in [2.05, 4.69) is 35.6 Å². The van der Waals surface area contributed by atoms with E-state index in [1.807, 2.05) is 12.4 Å². The van der Waals surface area contributed by atoms with Gasteiger partial charge in [-0.25, -0.2) is 9.97 Å². The quantitative estimate of drug-likeness (QED) is 0.860. The minimum absolute atomic E-state index is 0.838. The summed E-state index contributed by atoms with van der Waals surface area (Å²) in [5.74, 6) is 0.952. The van der Waals surface area contributed by atoms with E-state index in [-0.39, 0.29) is 0 Å². The van der Waals surface area contributed by atoms with Gasteiger partial charge in [0.1, 0.15) is 4.60 Å². The van der Waals surface area contributed by atoms with Crippen LogP contribution < -0.4 is 5.32 Å². The van der Waals surface area contributed by atoms with Crippen LogP contribution in [0.1, 0.15) is 37.8 Å². The predicted molar refractivity (Wildman–Crippen MR) is 79.0 cm³/mol. The van der Waals surface area contributed by atoms with Gasteiger partial charge in [0, 0.05) is 12.7 Å². The highest BCUT2D eigenvalue weighted by molar-refractivity contribution is 9.10. The van der Waals surface area contributed by atoms with Crippen molar-refractivity contribution in [3.05, 3.63) is 28.9 Å². The van der Waals surface area contributed by atoms with Crippen molar-refractivity contribution >= 4 is 21.6 Å². The van der Waals surface area contributed by atoms with Crippen LogP contribution in [0.5, 0.6) is 0 Å². The van der Waals surface area contributed by atoms with Crippen LogP contribution in [0.2, 0.25) is 0 Å². The van der Waals surface area contributed by atoms with Gasteiger partial charge in [0.2, 0.25) is 0 Å². The van der Waals surface area contributed by atoms with Crippen LogP contribution in [-0.4, -0.2) is 20.9 Å². The summed E-state index contributed by atoms with van der Waals surface area (Å²) in [6.45, 7) is 1.97. The number of hydrogen-bond donors (Lipinski definition) is 1. The van der Waals surface area contributed by atoms with Gasteiger partial charge in [0.05, 0.1) is 18.1 Å². The molecule has 1 fully saturated rings. The Balaban J connectivity index is 1.54. The second-order valence-corrected chi connectivity index (χ2v) is 6.12. The molecule has 0 amide bonds. The van der Waals surface area contributed by atoms with Gasteiger partial charge in [0.25, 0.3) is 0 Å². The van der Waals surface area contributed by atoms with Crippen molar-refractivity contribution in [2.75, 3.05) is 6.54 Å². The van der Waals surface area contributed by atoms with Gasteiger partial charge in [0.15, 0.2) is 5.65 Å². The Kier molecular flexibility index (Phi) is 4.13. The molecule has 1 saturated carbocycles. The van der Waals surface area contributed by atoms with Crippen LogP contribution >= 0.6 is 15.9 Å². The summed E-state index contributed by atoms with van der Waals surface area (Å²) in [6, 6.07) is 0. The maximum absolute atomic E-state index is 4.36. The standard InChI is InChI=1S/C14H19BrN4/c15-13-10-19-12(8-18-14(19)9-17-13)7-16-6-5-11-3-1-2-4-11/h8-11,16H,1-7H2. The van der Waals surface area contributed by atoms with Crippen LogP contribution in [0.15, 0.2) is 23.2 Å². The number of fused-ring (bicyclic) bond motifs is 1. The summed E-state index contributed by atoms with van der Waals surface area (Å²) in [5.41, 5.74) is 2.08. The summed E-state index contributed by atoms with van der Waals surface area (Å²) < 4.78 is 2.92. The van der Waals surface area contributed by atoms with E-state index in [4.69, 9.17) is 0 Å². The number of aromatic nitrogens is 3. The molecule has 0 atom stereocenters. The van der Waals surface area contributed by atoms with E-state index in [1.165, 1.54) is 37.8 Å². The fourth-order valence-electron chi connectivity index (χ4n) is 2.87. The molecule has 19 heavy (non-hydrogen) atoms. The van der Waals surface area contributed by atoms with Gasteiger partial charge < -0.3 is 5.32 Å². The SMILES string of the molecule is Brc1cn2c(CNCCC3CCCC3)cnc2cn1.